The Morgan fingerprint density at radius 3 is 2.33 bits per heavy atom. The number of Topliss-reactive ketones (excluding diaryl/α,β-unsaturated/α-hetero) is 1. The van der Waals surface area contributed by atoms with Crippen molar-refractivity contribution in [2.45, 2.75) is 33.1 Å². The molecule has 1 rings (SSSR count). The minimum absolute atomic E-state index is 0.0746. The highest BCUT2D eigenvalue weighted by Crippen LogP contribution is 2.26. The third kappa shape index (κ3) is 3.18. The van der Waals surface area contributed by atoms with Crippen LogP contribution in [0.4, 0.5) is 0 Å². The second-order valence-corrected chi connectivity index (χ2v) is 4.58. The third-order valence-electron chi connectivity index (χ3n) is 3.03. The van der Waals surface area contributed by atoms with Crippen LogP contribution in [0.15, 0.2) is 12.1 Å². The van der Waals surface area contributed by atoms with Gasteiger partial charge in [0.05, 0.1) is 12.7 Å². The average Bonchev–Trinajstić information content (AvgIpc) is 2.30. The van der Waals surface area contributed by atoms with E-state index < -0.39 is 5.92 Å². The van der Waals surface area contributed by atoms with Gasteiger partial charge in [0.25, 0.3) is 0 Å². The van der Waals surface area contributed by atoms with Crippen molar-refractivity contribution in [3.63, 3.8) is 0 Å². The highest BCUT2D eigenvalue weighted by molar-refractivity contribution is 5.89. The van der Waals surface area contributed by atoms with Gasteiger partial charge in [0, 0.05) is 13.5 Å². The summed E-state index contributed by atoms with van der Waals surface area (Å²) in [4.78, 5) is 12.0. The van der Waals surface area contributed by atoms with Crippen LogP contribution in [0.2, 0.25) is 0 Å². The topological polar surface area (TPSA) is 50.1 Å². The highest BCUT2D eigenvalue weighted by Gasteiger charge is 2.23. The summed E-state index contributed by atoms with van der Waals surface area (Å²) in [7, 11) is 1.55. The van der Waals surface area contributed by atoms with E-state index in [4.69, 9.17) is 4.74 Å². The number of nitrogens with zero attached hydrogens (tertiary/aromatic N) is 1. The van der Waals surface area contributed by atoms with E-state index in [0.717, 1.165) is 22.3 Å². The Hall–Kier alpha value is -1.66. The zero-order valence-electron chi connectivity index (χ0n) is 11.4. The molecule has 0 heterocycles. The van der Waals surface area contributed by atoms with E-state index in [1.807, 2.05) is 32.9 Å². The molecule has 96 valence electrons. The summed E-state index contributed by atoms with van der Waals surface area (Å²) in [5.74, 6) is -0.754. The lowest BCUT2D eigenvalue weighted by Crippen LogP contribution is -2.15. The molecule has 0 saturated carbocycles. The molecule has 3 heteroatoms. The van der Waals surface area contributed by atoms with Gasteiger partial charge in [0.2, 0.25) is 0 Å². The number of hydrogen-bond donors (Lipinski definition) is 0. The van der Waals surface area contributed by atoms with Crippen LogP contribution in [0.5, 0.6) is 0 Å². The predicted octanol–water partition coefficient (Wildman–Crippen LogP) is 2.82. The lowest BCUT2D eigenvalue weighted by atomic mass is 9.87. The van der Waals surface area contributed by atoms with E-state index >= 15 is 0 Å². The first kappa shape index (κ1) is 14.4. The molecule has 1 aromatic carbocycles. The Kier molecular flexibility index (Phi) is 5.06. The minimum Gasteiger partial charge on any atom is -0.384 e. The molecule has 0 aliphatic carbocycles. The van der Waals surface area contributed by atoms with Crippen molar-refractivity contribution in [2.24, 2.45) is 0 Å². The van der Waals surface area contributed by atoms with Gasteiger partial charge in [-0.2, -0.15) is 5.26 Å². The zero-order chi connectivity index (χ0) is 13.7. The highest BCUT2D eigenvalue weighted by atomic mass is 16.5. The summed E-state index contributed by atoms with van der Waals surface area (Å²) in [6.45, 7) is 6.27. The van der Waals surface area contributed by atoms with Crippen LogP contribution >= 0.6 is 0 Å². The fourth-order valence-electron chi connectivity index (χ4n) is 2.29. The molecule has 18 heavy (non-hydrogen) atoms. The molecule has 0 radical (unpaired) electrons. The fourth-order valence-corrected chi connectivity index (χ4v) is 2.29. The van der Waals surface area contributed by atoms with Gasteiger partial charge in [-0.05, 0) is 37.5 Å². The number of hydrogen-bond acceptors (Lipinski definition) is 3. The van der Waals surface area contributed by atoms with Crippen molar-refractivity contribution < 1.29 is 9.53 Å². The molecule has 0 amide bonds. The van der Waals surface area contributed by atoms with E-state index in [1.54, 1.807) is 7.11 Å². The Morgan fingerprint density at radius 1 is 1.33 bits per heavy atom. The van der Waals surface area contributed by atoms with Crippen molar-refractivity contribution in [1.29, 1.82) is 5.26 Å². The lowest BCUT2D eigenvalue weighted by Gasteiger charge is -2.15. The number of ether oxygens (including phenoxy) is 1. The number of ketones is 1. The summed E-state index contributed by atoms with van der Waals surface area (Å²) in [5.41, 5.74) is 4.01. The smallest absolute Gasteiger partial charge is 0.156 e. The molecule has 0 aliphatic rings. The van der Waals surface area contributed by atoms with Crippen LogP contribution in [-0.2, 0) is 9.53 Å². The summed E-state index contributed by atoms with van der Waals surface area (Å²) in [5, 5.41) is 9.26. The standard InChI is InChI=1S/C15H19NO2/c1-10-7-11(2)15(12(3)8-10)13(9-16)14(17)5-6-18-4/h7-8,13H,5-6H2,1-4H3. The predicted molar refractivity (Wildman–Crippen MR) is 70.5 cm³/mol. The normalized spacial score (nSPS) is 11.9. The van der Waals surface area contributed by atoms with Crippen molar-refractivity contribution in [2.75, 3.05) is 13.7 Å². The van der Waals surface area contributed by atoms with Crippen LogP contribution in [0.1, 0.15) is 34.6 Å². The van der Waals surface area contributed by atoms with E-state index in [2.05, 4.69) is 6.07 Å². The van der Waals surface area contributed by atoms with Crippen molar-refractivity contribution in [1.82, 2.24) is 0 Å². The molecule has 0 aliphatic heterocycles. The molecule has 0 aromatic heterocycles. The molecular formula is C15H19NO2. The molecule has 3 nitrogen and oxygen atoms in total. The number of carbonyl (C=O) groups excluding carboxylic acids is 1. The monoisotopic (exact) mass is 245 g/mol. The zero-order valence-corrected chi connectivity index (χ0v) is 11.4. The van der Waals surface area contributed by atoms with Crippen LogP contribution in [0.25, 0.3) is 0 Å². The van der Waals surface area contributed by atoms with Crippen LogP contribution in [0, 0.1) is 32.1 Å². The minimum atomic E-state index is -0.680. The van der Waals surface area contributed by atoms with E-state index in [1.165, 1.54) is 0 Å². The maximum Gasteiger partial charge on any atom is 0.156 e. The van der Waals surface area contributed by atoms with Gasteiger partial charge in [-0.3, -0.25) is 4.79 Å². The number of aryl methyl sites for hydroxylation is 3. The number of benzene rings is 1. The lowest BCUT2D eigenvalue weighted by molar-refractivity contribution is -0.120. The first-order valence-electron chi connectivity index (χ1n) is 6.00. The fraction of sp³-hybridized carbons (Fsp3) is 0.467. The molecule has 0 saturated heterocycles. The molecule has 0 spiro atoms. The number of nitriles is 1. The Labute approximate surface area is 108 Å². The third-order valence-corrected chi connectivity index (χ3v) is 3.03. The molecule has 0 N–H and O–H groups in total. The molecule has 1 atom stereocenters. The molecule has 1 unspecified atom stereocenters. The molecular weight excluding hydrogens is 226 g/mol. The number of rotatable bonds is 5. The summed E-state index contributed by atoms with van der Waals surface area (Å²) in [6, 6.07) is 6.14. The van der Waals surface area contributed by atoms with Gasteiger partial charge >= 0.3 is 0 Å². The van der Waals surface area contributed by atoms with Crippen molar-refractivity contribution in [3.05, 3.63) is 34.4 Å². The Balaban J connectivity index is 3.11. The van der Waals surface area contributed by atoms with Crippen LogP contribution in [0.3, 0.4) is 0 Å². The van der Waals surface area contributed by atoms with E-state index in [0.29, 0.717) is 6.61 Å². The van der Waals surface area contributed by atoms with Gasteiger partial charge in [-0.15, -0.1) is 0 Å². The SMILES string of the molecule is COCCC(=O)C(C#N)c1c(C)cc(C)cc1C. The van der Waals surface area contributed by atoms with Crippen LogP contribution < -0.4 is 0 Å². The van der Waals surface area contributed by atoms with Gasteiger partial charge < -0.3 is 4.74 Å². The number of carbonyl (C=O) groups is 1. The molecule has 0 bridgehead atoms. The molecule has 1 aromatic rings. The van der Waals surface area contributed by atoms with Crippen molar-refractivity contribution in [3.8, 4) is 6.07 Å². The summed E-state index contributed by atoms with van der Waals surface area (Å²) in [6.07, 6.45) is 0.279. The van der Waals surface area contributed by atoms with Crippen LogP contribution in [-0.4, -0.2) is 19.5 Å². The van der Waals surface area contributed by atoms with E-state index in [-0.39, 0.29) is 12.2 Å². The summed E-state index contributed by atoms with van der Waals surface area (Å²) >= 11 is 0. The summed E-state index contributed by atoms with van der Waals surface area (Å²) < 4.78 is 4.89. The second kappa shape index (κ2) is 6.32. The maximum atomic E-state index is 12.0. The molecule has 0 fully saturated rings. The van der Waals surface area contributed by atoms with E-state index in [9.17, 15) is 10.1 Å². The van der Waals surface area contributed by atoms with Gasteiger partial charge in [-0.25, -0.2) is 0 Å². The van der Waals surface area contributed by atoms with Gasteiger partial charge in [-0.1, -0.05) is 17.7 Å². The first-order chi connectivity index (χ1) is 8.51. The Morgan fingerprint density at radius 2 is 1.89 bits per heavy atom. The van der Waals surface area contributed by atoms with Crippen molar-refractivity contribution >= 4 is 5.78 Å². The van der Waals surface area contributed by atoms with Gasteiger partial charge in [0.15, 0.2) is 5.78 Å². The Bertz CT molecular complexity index is 463. The maximum absolute atomic E-state index is 12.0. The van der Waals surface area contributed by atoms with Gasteiger partial charge in [0.1, 0.15) is 5.92 Å². The average molecular weight is 245 g/mol. The number of methoxy groups -OCH3 is 1. The largest absolute Gasteiger partial charge is 0.384 e. The quantitative estimate of drug-likeness (QED) is 0.801. The first-order valence-corrected chi connectivity index (χ1v) is 6.00. The second-order valence-electron chi connectivity index (χ2n) is 4.58.